The van der Waals surface area contributed by atoms with Crippen molar-refractivity contribution in [2.45, 2.75) is 44.8 Å². The summed E-state index contributed by atoms with van der Waals surface area (Å²) in [5.74, 6) is 0. The summed E-state index contributed by atoms with van der Waals surface area (Å²) in [5.41, 5.74) is 2.89. The molecule has 3 heteroatoms. The third-order valence-electron chi connectivity index (χ3n) is 4.74. The zero-order chi connectivity index (χ0) is 13.9. The maximum atomic E-state index is 3.65. The van der Waals surface area contributed by atoms with Crippen LogP contribution in [0.25, 0.3) is 0 Å². The van der Waals surface area contributed by atoms with Crippen LogP contribution in [0.1, 0.15) is 31.7 Å². The first kappa shape index (κ1) is 13.9. The second-order valence-corrected chi connectivity index (χ2v) is 6.27. The van der Waals surface area contributed by atoms with Crippen LogP contribution in [0.15, 0.2) is 24.3 Å². The number of piperazine rings is 1. The molecular formula is C17H27N3. The number of anilines is 1. The maximum absolute atomic E-state index is 3.65. The minimum atomic E-state index is 0.688. The van der Waals surface area contributed by atoms with Crippen molar-refractivity contribution in [3.05, 3.63) is 29.8 Å². The smallest absolute Gasteiger partial charge is 0.0412 e. The molecule has 20 heavy (non-hydrogen) atoms. The molecule has 1 atom stereocenters. The van der Waals surface area contributed by atoms with Gasteiger partial charge in [-0.25, -0.2) is 0 Å². The fourth-order valence-corrected chi connectivity index (χ4v) is 3.12. The third-order valence-corrected chi connectivity index (χ3v) is 4.74. The molecule has 1 aromatic rings. The molecular weight excluding hydrogens is 246 g/mol. The van der Waals surface area contributed by atoms with Crippen molar-refractivity contribution in [3.8, 4) is 0 Å². The normalized spacial score (nSPS) is 24.1. The van der Waals surface area contributed by atoms with E-state index in [1.807, 2.05) is 0 Å². The first-order valence-electron chi connectivity index (χ1n) is 8.04. The summed E-state index contributed by atoms with van der Waals surface area (Å²) in [6.45, 7) is 6.79. The lowest BCUT2D eigenvalue weighted by atomic mass is 10.1. The number of nitrogens with zero attached hydrogens (tertiary/aromatic N) is 2. The van der Waals surface area contributed by atoms with Gasteiger partial charge in [0.2, 0.25) is 0 Å². The molecule has 1 aromatic carbocycles. The van der Waals surface area contributed by atoms with Gasteiger partial charge in [0.25, 0.3) is 0 Å². The van der Waals surface area contributed by atoms with E-state index >= 15 is 0 Å². The minimum Gasteiger partial charge on any atom is -0.368 e. The zero-order valence-electron chi connectivity index (χ0n) is 12.8. The number of rotatable bonds is 5. The van der Waals surface area contributed by atoms with E-state index in [2.05, 4.69) is 53.4 Å². The van der Waals surface area contributed by atoms with Crippen LogP contribution >= 0.6 is 0 Å². The molecule has 1 unspecified atom stereocenters. The van der Waals surface area contributed by atoms with Gasteiger partial charge in [-0.1, -0.05) is 25.1 Å². The highest BCUT2D eigenvalue weighted by molar-refractivity contribution is 5.54. The molecule has 1 heterocycles. The summed E-state index contributed by atoms with van der Waals surface area (Å²) in [5, 5.41) is 3.65. The van der Waals surface area contributed by atoms with E-state index < -0.39 is 0 Å². The maximum Gasteiger partial charge on any atom is 0.0412 e. The Morgan fingerprint density at radius 2 is 2.00 bits per heavy atom. The Bertz CT molecular complexity index is 442. The Balaban J connectivity index is 1.71. The van der Waals surface area contributed by atoms with Crippen molar-refractivity contribution in [2.75, 3.05) is 31.6 Å². The first-order valence-corrected chi connectivity index (χ1v) is 8.04. The largest absolute Gasteiger partial charge is 0.368 e. The molecule has 1 aliphatic heterocycles. The fourth-order valence-electron chi connectivity index (χ4n) is 3.12. The van der Waals surface area contributed by atoms with Gasteiger partial charge in [-0.05, 0) is 37.9 Å². The topological polar surface area (TPSA) is 18.5 Å². The molecule has 0 aromatic heterocycles. The summed E-state index contributed by atoms with van der Waals surface area (Å²) in [6, 6.07) is 10.4. The number of nitrogens with one attached hydrogen (secondary N) is 1. The summed E-state index contributed by atoms with van der Waals surface area (Å²) >= 11 is 0. The average Bonchev–Trinajstić information content (AvgIpc) is 3.30. The van der Waals surface area contributed by atoms with Crippen LogP contribution in [0.5, 0.6) is 0 Å². The van der Waals surface area contributed by atoms with Crippen molar-refractivity contribution >= 4 is 5.69 Å². The Kier molecular flexibility index (Phi) is 4.27. The van der Waals surface area contributed by atoms with Gasteiger partial charge in [0.15, 0.2) is 0 Å². The second kappa shape index (κ2) is 6.15. The van der Waals surface area contributed by atoms with E-state index in [9.17, 15) is 0 Å². The zero-order valence-corrected chi connectivity index (χ0v) is 12.8. The Morgan fingerprint density at radius 3 is 2.75 bits per heavy atom. The molecule has 3 rings (SSSR count). The van der Waals surface area contributed by atoms with Crippen LogP contribution in [-0.4, -0.2) is 43.7 Å². The highest BCUT2D eigenvalue weighted by Crippen LogP contribution is 2.25. The van der Waals surface area contributed by atoms with Crippen molar-refractivity contribution in [2.24, 2.45) is 0 Å². The van der Waals surface area contributed by atoms with Crippen LogP contribution in [0.2, 0.25) is 0 Å². The second-order valence-electron chi connectivity index (χ2n) is 6.27. The number of hydrogen-bond acceptors (Lipinski definition) is 3. The Morgan fingerprint density at radius 1 is 1.20 bits per heavy atom. The number of para-hydroxylation sites is 1. The molecule has 1 saturated carbocycles. The summed E-state index contributed by atoms with van der Waals surface area (Å²) in [6.07, 6.45) is 3.94. The van der Waals surface area contributed by atoms with Gasteiger partial charge in [-0.3, -0.25) is 4.90 Å². The van der Waals surface area contributed by atoms with Crippen LogP contribution in [0.4, 0.5) is 5.69 Å². The van der Waals surface area contributed by atoms with Crippen molar-refractivity contribution in [1.82, 2.24) is 10.2 Å². The Hall–Kier alpha value is -1.06. The minimum absolute atomic E-state index is 0.688. The van der Waals surface area contributed by atoms with E-state index in [4.69, 9.17) is 0 Å². The summed E-state index contributed by atoms with van der Waals surface area (Å²) in [7, 11) is 2.26. The van der Waals surface area contributed by atoms with Crippen LogP contribution in [0.3, 0.4) is 0 Å². The standard InChI is InChI=1S/C17H27N3/c1-3-16-13-20(11-10-19(16)2)17-7-5-4-6-14(17)12-18-15-8-9-15/h4-7,15-16,18H,3,8-13H2,1-2H3. The lowest BCUT2D eigenvalue weighted by Crippen LogP contribution is -2.51. The molecule has 1 saturated heterocycles. The monoisotopic (exact) mass is 273 g/mol. The molecule has 2 fully saturated rings. The highest BCUT2D eigenvalue weighted by atomic mass is 15.3. The highest BCUT2D eigenvalue weighted by Gasteiger charge is 2.25. The molecule has 0 radical (unpaired) electrons. The van der Waals surface area contributed by atoms with Crippen molar-refractivity contribution < 1.29 is 0 Å². The van der Waals surface area contributed by atoms with Gasteiger partial charge < -0.3 is 10.2 Å². The third kappa shape index (κ3) is 3.15. The van der Waals surface area contributed by atoms with Gasteiger partial charge in [0, 0.05) is 44.0 Å². The molecule has 0 amide bonds. The van der Waals surface area contributed by atoms with Crippen molar-refractivity contribution in [1.29, 1.82) is 0 Å². The van der Waals surface area contributed by atoms with E-state index in [0.717, 1.165) is 25.7 Å². The fraction of sp³-hybridized carbons (Fsp3) is 0.647. The van der Waals surface area contributed by atoms with E-state index in [0.29, 0.717) is 6.04 Å². The summed E-state index contributed by atoms with van der Waals surface area (Å²) in [4.78, 5) is 5.08. The van der Waals surface area contributed by atoms with Gasteiger partial charge >= 0.3 is 0 Å². The molecule has 1 aliphatic carbocycles. The lowest BCUT2D eigenvalue weighted by molar-refractivity contribution is 0.213. The quantitative estimate of drug-likeness (QED) is 0.889. The van der Waals surface area contributed by atoms with Gasteiger partial charge in [-0.15, -0.1) is 0 Å². The summed E-state index contributed by atoms with van der Waals surface area (Å²) < 4.78 is 0. The molecule has 0 spiro atoms. The molecule has 1 N–H and O–H groups in total. The molecule has 2 aliphatic rings. The van der Waals surface area contributed by atoms with Crippen LogP contribution < -0.4 is 10.2 Å². The van der Waals surface area contributed by atoms with Crippen LogP contribution in [0, 0.1) is 0 Å². The van der Waals surface area contributed by atoms with E-state index in [-0.39, 0.29) is 0 Å². The molecule has 0 bridgehead atoms. The van der Waals surface area contributed by atoms with Gasteiger partial charge in [0.1, 0.15) is 0 Å². The number of likely N-dealkylation sites (N-methyl/N-ethyl adjacent to an activating group) is 1. The number of hydrogen-bond donors (Lipinski definition) is 1. The molecule has 3 nitrogen and oxygen atoms in total. The molecule has 110 valence electrons. The van der Waals surface area contributed by atoms with Gasteiger partial charge in [-0.2, -0.15) is 0 Å². The predicted molar refractivity (Wildman–Crippen MR) is 85.2 cm³/mol. The predicted octanol–water partition coefficient (Wildman–Crippen LogP) is 2.47. The van der Waals surface area contributed by atoms with E-state index in [1.165, 1.54) is 37.1 Å². The SMILES string of the molecule is CCC1CN(c2ccccc2CNC2CC2)CCN1C. The first-order chi connectivity index (χ1) is 9.78. The lowest BCUT2D eigenvalue weighted by Gasteiger charge is -2.41. The van der Waals surface area contributed by atoms with Crippen molar-refractivity contribution in [3.63, 3.8) is 0 Å². The van der Waals surface area contributed by atoms with E-state index in [1.54, 1.807) is 0 Å². The van der Waals surface area contributed by atoms with Crippen LogP contribution in [-0.2, 0) is 6.54 Å². The van der Waals surface area contributed by atoms with Gasteiger partial charge in [0.05, 0.1) is 0 Å². The number of benzene rings is 1. The Labute approximate surface area is 123 Å². The average molecular weight is 273 g/mol.